The minimum absolute atomic E-state index is 0.0721. The van der Waals surface area contributed by atoms with Gasteiger partial charge in [0, 0.05) is 19.0 Å². The Morgan fingerprint density at radius 2 is 1.72 bits per heavy atom. The van der Waals surface area contributed by atoms with Crippen LogP contribution in [0.3, 0.4) is 0 Å². The van der Waals surface area contributed by atoms with Gasteiger partial charge in [-0.2, -0.15) is 0 Å². The standard InChI is InChI=1S/C29H44N2O5/c1-15(2)7-6-8-17(27(34)35)24-20-13-21(30)25-18(29(20,5)14-23(24)36-16(3)32)9-10-19-26(31)22(33)11-12-28(19,25)4/h6-8,18-23,25-26,33H,9-14,30-31H2,1-5H3,(H,34,35)/b8-6+,24-17-/t18?,19-,20-,21+,22+,23-,25-,26-,28-,29+/m0/s1. The van der Waals surface area contributed by atoms with Crippen LogP contribution in [0, 0.1) is 34.5 Å². The second-order valence-electron chi connectivity index (χ2n) is 12.5. The van der Waals surface area contributed by atoms with Crippen LogP contribution in [0.5, 0.6) is 0 Å². The normalized spacial score (nSPS) is 45.3. The Morgan fingerprint density at radius 1 is 1.06 bits per heavy atom. The van der Waals surface area contributed by atoms with E-state index in [1.54, 1.807) is 12.2 Å². The number of nitrogens with two attached hydrogens (primary N) is 2. The monoisotopic (exact) mass is 500 g/mol. The zero-order valence-electron chi connectivity index (χ0n) is 22.4. The summed E-state index contributed by atoms with van der Waals surface area (Å²) in [6, 6.07) is -0.361. The lowest BCUT2D eigenvalue weighted by atomic mass is 9.42. The predicted molar refractivity (Wildman–Crippen MR) is 139 cm³/mol. The second kappa shape index (κ2) is 9.73. The molecule has 4 fully saturated rings. The maximum Gasteiger partial charge on any atom is 0.335 e. The summed E-state index contributed by atoms with van der Waals surface area (Å²) in [7, 11) is 0. The number of hydrogen-bond acceptors (Lipinski definition) is 6. The molecule has 1 unspecified atom stereocenters. The first-order chi connectivity index (χ1) is 16.8. The van der Waals surface area contributed by atoms with Gasteiger partial charge in [0.05, 0.1) is 11.7 Å². The highest BCUT2D eigenvalue weighted by Crippen LogP contribution is 2.68. The first kappa shape index (κ1) is 27.1. The van der Waals surface area contributed by atoms with Crippen LogP contribution in [0.15, 0.2) is 34.9 Å². The Morgan fingerprint density at radius 3 is 2.33 bits per heavy atom. The first-order valence-corrected chi connectivity index (χ1v) is 13.5. The Kier molecular flexibility index (Phi) is 7.32. The van der Waals surface area contributed by atoms with Gasteiger partial charge in [0.25, 0.3) is 0 Å². The summed E-state index contributed by atoms with van der Waals surface area (Å²) in [6.45, 7) is 9.87. The lowest BCUT2D eigenvalue weighted by Crippen LogP contribution is -2.65. The maximum atomic E-state index is 12.5. The van der Waals surface area contributed by atoms with E-state index in [1.807, 2.05) is 19.9 Å². The van der Waals surface area contributed by atoms with Crippen LogP contribution in [-0.4, -0.2) is 46.4 Å². The van der Waals surface area contributed by atoms with Crippen molar-refractivity contribution in [2.75, 3.05) is 0 Å². The molecule has 36 heavy (non-hydrogen) atoms. The molecule has 0 aromatic rings. The van der Waals surface area contributed by atoms with E-state index in [0.717, 1.165) is 24.8 Å². The largest absolute Gasteiger partial charge is 0.478 e. The van der Waals surface area contributed by atoms with Crippen LogP contribution in [0.4, 0.5) is 0 Å². The van der Waals surface area contributed by atoms with Crippen molar-refractivity contribution in [2.45, 2.75) is 97.4 Å². The van der Waals surface area contributed by atoms with Gasteiger partial charge < -0.3 is 26.4 Å². The van der Waals surface area contributed by atoms with Gasteiger partial charge in [-0.1, -0.05) is 31.6 Å². The number of carbonyl (C=O) groups is 2. The number of carboxylic acids is 1. The zero-order valence-corrected chi connectivity index (χ0v) is 22.4. The molecule has 7 heteroatoms. The third-order valence-corrected chi connectivity index (χ3v) is 10.2. The van der Waals surface area contributed by atoms with Crippen molar-refractivity contribution in [3.8, 4) is 0 Å². The number of aliphatic hydroxyl groups is 1. The summed E-state index contributed by atoms with van der Waals surface area (Å²) in [6.07, 6.45) is 8.92. The highest BCUT2D eigenvalue weighted by molar-refractivity contribution is 5.91. The fourth-order valence-corrected chi connectivity index (χ4v) is 8.76. The minimum atomic E-state index is -1.01. The average Bonchev–Trinajstić information content (AvgIpc) is 3.04. The smallest absolute Gasteiger partial charge is 0.335 e. The summed E-state index contributed by atoms with van der Waals surface area (Å²) in [4.78, 5) is 24.6. The Balaban J connectivity index is 1.80. The molecule has 0 radical (unpaired) electrons. The summed E-state index contributed by atoms with van der Waals surface area (Å²) in [5.41, 5.74) is 15.2. The van der Waals surface area contributed by atoms with Gasteiger partial charge in [0.1, 0.15) is 6.10 Å². The van der Waals surface area contributed by atoms with Gasteiger partial charge in [0.2, 0.25) is 0 Å². The van der Waals surface area contributed by atoms with Gasteiger partial charge in [-0.3, -0.25) is 4.79 Å². The van der Waals surface area contributed by atoms with Crippen LogP contribution in [-0.2, 0) is 14.3 Å². The van der Waals surface area contributed by atoms with Crippen molar-refractivity contribution in [2.24, 2.45) is 46.0 Å². The molecule has 0 aromatic heterocycles. The van der Waals surface area contributed by atoms with Crippen molar-refractivity contribution < 1.29 is 24.5 Å². The number of aliphatic hydroxyl groups excluding tert-OH is 1. The molecule has 0 saturated heterocycles. The number of aliphatic carboxylic acids is 1. The number of esters is 1. The lowest BCUT2D eigenvalue weighted by Gasteiger charge is -2.64. The maximum absolute atomic E-state index is 12.5. The summed E-state index contributed by atoms with van der Waals surface area (Å²) in [5, 5.41) is 20.7. The van der Waals surface area contributed by atoms with E-state index in [2.05, 4.69) is 13.8 Å². The quantitative estimate of drug-likeness (QED) is 0.262. The van der Waals surface area contributed by atoms with Crippen LogP contribution in [0.2, 0.25) is 0 Å². The van der Waals surface area contributed by atoms with Crippen molar-refractivity contribution in [3.63, 3.8) is 0 Å². The van der Waals surface area contributed by atoms with Crippen LogP contribution in [0.1, 0.15) is 73.1 Å². The third-order valence-electron chi connectivity index (χ3n) is 10.2. The first-order valence-electron chi connectivity index (χ1n) is 13.5. The molecule has 6 N–H and O–H groups in total. The molecular weight excluding hydrogens is 456 g/mol. The molecular formula is C29H44N2O5. The van der Waals surface area contributed by atoms with E-state index in [1.165, 1.54) is 6.92 Å². The SMILES string of the molecule is CC(=O)O[C@H]1C[C@]2(C)C3CC[C@H]4[C@H](N)[C@H](O)CC[C@]4(C)[C@@H]3[C@H](N)C[C@H]2/C1=C(\C=C\C=C(C)C)C(=O)O. The van der Waals surface area contributed by atoms with Gasteiger partial charge >= 0.3 is 11.9 Å². The lowest BCUT2D eigenvalue weighted by molar-refractivity contribution is -0.151. The zero-order chi connectivity index (χ0) is 26.6. The number of fused-ring (bicyclic) bond motifs is 5. The number of carboxylic acid groups (broad SMARTS) is 1. The van der Waals surface area contributed by atoms with Crippen molar-refractivity contribution in [3.05, 3.63) is 34.9 Å². The predicted octanol–water partition coefficient (Wildman–Crippen LogP) is 3.71. The van der Waals surface area contributed by atoms with E-state index in [4.69, 9.17) is 16.2 Å². The molecule has 4 saturated carbocycles. The van der Waals surface area contributed by atoms with Gasteiger partial charge in [-0.05, 0) is 98.5 Å². The van der Waals surface area contributed by atoms with Crippen molar-refractivity contribution in [1.82, 2.24) is 0 Å². The van der Waals surface area contributed by atoms with Gasteiger partial charge in [-0.25, -0.2) is 4.79 Å². The number of hydrogen-bond donors (Lipinski definition) is 4. The highest BCUT2D eigenvalue weighted by Gasteiger charge is 2.65. The second-order valence-corrected chi connectivity index (χ2v) is 12.5. The van der Waals surface area contributed by atoms with Crippen molar-refractivity contribution >= 4 is 11.9 Å². The fraction of sp³-hybridized carbons (Fsp3) is 0.724. The number of ether oxygens (including phenoxy) is 1. The van der Waals surface area contributed by atoms with Gasteiger partial charge in [0.15, 0.2) is 0 Å². The molecule has 7 nitrogen and oxygen atoms in total. The van der Waals surface area contributed by atoms with E-state index >= 15 is 0 Å². The molecule has 0 amide bonds. The molecule has 4 aliphatic carbocycles. The molecule has 4 rings (SSSR count). The number of allylic oxidation sites excluding steroid dienone is 3. The summed E-state index contributed by atoms with van der Waals surface area (Å²) < 4.78 is 5.81. The Bertz CT molecular complexity index is 998. The Hall–Kier alpha value is -1.96. The van der Waals surface area contributed by atoms with Crippen molar-refractivity contribution in [1.29, 1.82) is 0 Å². The molecule has 10 atom stereocenters. The van der Waals surface area contributed by atoms with E-state index in [-0.39, 0.29) is 52.2 Å². The topological polar surface area (TPSA) is 136 Å². The average molecular weight is 501 g/mol. The van der Waals surface area contributed by atoms with E-state index in [9.17, 15) is 19.8 Å². The summed E-state index contributed by atoms with van der Waals surface area (Å²) >= 11 is 0. The van der Waals surface area contributed by atoms with Gasteiger partial charge in [-0.15, -0.1) is 0 Å². The van der Waals surface area contributed by atoms with Crippen LogP contribution in [0.25, 0.3) is 0 Å². The molecule has 4 aliphatic rings. The van der Waals surface area contributed by atoms with E-state index < -0.39 is 24.1 Å². The highest BCUT2D eigenvalue weighted by atomic mass is 16.5. The molecule has 0 heterocycles. The third kappa shape index (κ3) is 4.37. The molecule has 0 aromatic carbocycles. The van der Waals surface area contributed by atoms with Crippen LogP contribution >= 0.6 is 0 Å². The molecule has 0 aliphatic heterocycles. The number of carbonyl (C=O) groups excluding carboxylic acids is 1. The molecule has 0 spiro atoms. The van der Waals surface area contributed by atoms with E-state index in [0.29, 0.717) is 24.8 Å². The Labute approximate surface area is 215 Å². The molecule has 0 bridgehead atoms. The molecule has 200 valence electrons. The summed E-state index contributed by atoms with van der Waals surface area (Å²) in [5.74, 6) is -0.783. The van der Waals surface area contributed by atoms with Crippen LogP contribution < -0.4 is 11.5 Å². The number of rotatable bonds is 4. The minimum Gasteiger partial charge on any atom is -0.478 e. The fourth-order valence-electron chi connectivity index (χ4n) is 8.76.